The number of amides is 1. The van der Waals surface area contributed by atoms with Gasteiger partial charge in [0.25, 0.3) is 5.56 Å². The zero-order valence-electron chi connectivity index (χ0n) is 12.9. The monoisotopic (exact) mass is 347 g/mol. The number of halogens is 1. The number of nitrogens with zero attached hydrogens (tertiary/aromatic N) is 1. The van der Waals surface area contributed by atoms with Gasteiger partial charge >= 0.3 is 5.69 Å². The lowest BCUT2D eigenvalue weighted by atomic mass is 10.0. The van der Waals surface area contributed by atoms with Gasteiger partial charge in [0.2, 0.25) is 5.91 Å². The summed E-state index contributed by atoms with van der Waals surface area (Å²) in [6.45, 7) is 3.20. The Labute approximate surface area is 139 Å². The number of aromatic nitrogens is 2. The average molecular weight is 347 g/mol. The summed E-state index contributed by atoms with van der Waals surface area (Å²) in [7, 11) is 0. The van der Waals surface area contributed by atoms with Crippen LogP contribution in [-0.2, 0) is 4.79 Å². The van der Waals surface area contributed by atoms with E-state index in [0.29, 0.717) is 16.0 Å². The summed E-state index contributed by atoms with van der Waals surface area (Å²) >= 11 is 1.26. The lowest BCUT2D eigenvalue weighted by Crippen LogP contribution is -2.41. The van der Waals surface area contributed by atoms with E-state index in [1.165, 1.54) is 30.4 Å². The highest BCUT2D eigenvalue weighted by Gasteiger charge is 2.22. The summed E-state index contributed by atoms with van der Waals surface area (Å²) in [6.07, 6.45) is 0. The molecule has 1 aromatic carbocycles. The van der Waals surface area contributed by atoms with Crippen molar-refractivity contribution in [2.24, 2.45) is 5.73 Å². The highest BCUT2D eigenvalue weighted by Crippen LogP contribution is 2.35. The normalized spacial score (nSPS) is 12.5. The molecule has 0 aliphatic carbocycles. The Kier molecular flexibility index (Phi) is 3.84. The number of H-pyrrole nitrogens is 1. The number of carbonyl (C=O) groups excluding carboxylic acids is 1. The number of hydrogen-bond acceptors (Lipinski definition) is 4. The molecule has 1 amide bonds. The molecule has 1 unspecified atom stereocenters. The Morgan fingerprint density at radius 1 is 1.29 bits per heavy atom. The van der Waals surface area contributed by atoms with E-state index < -0.39 is 23.2 Å². The number of primary amides is 1. The Hall–Kier alpha value is -2.74. The largest absolute Gasteiger partial charge is 0.368 e. The molecule has 2 heterocycles. The summed E-state index contributed by atoms with van der Waals surface area (Å²) in [6, 6.07) is 4.65. The predicted molar refractivity (Wildman–Crippen MR) is 90.7 cm³/mol. The van der Waals surface area contributed by atoms with Gasteiger partial charge in [-0.05, 0) is 31.5 Å². The van der Waals surface area contributed by atoms with Crippen molar-refractivity contribution >= 4 is 27.5 Å². The van der Waals surface area contributed by atoms with Gasteiger partial charge in [-0.15, -0.1) is 11.3 Å². The van der Waals surface area contributed by atoms with E-state index >= 15 is 0 Å². The Balaban J connectivity index is 2.40. The highest BCUT2D eigenvalue weighted by atomic mass is 32.1. The standard InChI is InChI=1S/C16H14FN3O3S/c1-7(13(18)21)20-15(22)12-11(9-3-5-10(17)6-4-9)8(2)24-14(12)19-16(20)23/h3-7H,1-2H3,(H2,18,21)(H,19,23). The van der Waals surface area contributed by atoms with Crippen molar-refractivity contribution in [1.82, 2.24) is 9.55 Å². The minimum atomic E-state index is -1.08. The van der Waals surface area contributed by atoms with E-state index in [1.54, 1.807) is 12.1 Å². The quantitative estimate of drug-likeness (QED) is 0.757. The van der Waals surface area contributed by atoms with Gasteiger partial charge in [0.05, 0.1) is 5.39 Å². The summed E-state index contributed by atoms with van der Waals surface area (Å²) in [5.41, 5.74) is 5.22. The van der Waals surface area contributed by atoms with Crippen molar-refractivity contribution < 1.29 is 9.18 Å². The molecule has 0 aliphatic rings. The molecule has 0 bridgehead atoms. The number of nitrogens with one attached hydrogen (secondary N) is 1. The van der Waals surface area contributed by atoms with Crippen LogP contribution in [0.25, 0.3) is 21.3 Å². The number of thiophene rings is 1. The third-order valence-electron chi connectivity index (χ3n) is 3.89. The number of aromatic amines is 1. The smallest absolute Gasteiger partial charge is 0.330 e. The second-order valence-corrected chi connectivity index (χ2v) is 6.65. The maximum Gasteiger partial charge on any atom is 0.330 e. The molecule has 6 nitrogen and oxygen atoms in total. The lowest BCUT2D eigenvalue weighted by molar-refractivity contribution is -0.120. The topological polar surface area (TPSA) is 97.9 Å². The number of benzene rings is 1. The van der Waals surface area contributed by atoms with Gasteiger partial charge in [-0.25, -0.2) is 13.8 Å². The van der Waals surface area contributed by atoms with Crippen LogP contribution in [-0.4, -0.2) is 15.5 Å². The first kappa shape index (κ1) is 16.1. The van der Waals surface area contributed by atoms with E-state index in [2.05, 4.69) is 4.98 Å². The second-order valence-electron chi connectivity index (χ2n) is 5.43. The van der Waals surface area contributed by atoms with Crippen LogP contribution in [0.1, 0.15) is 17.8 Å². The molecule has 3 N–H and O–H groups in total. The second kappa shape index (κ2) is 5.72. The van der Waals surface area contributed by atoms with Crippen molar-refractivity contribution in [3.8, 4) is 11.1 Å². The van der Waals surface area contributed by atoms with E-state index in [1.807, 2.05) is 6.92 Å². The summed E-state index contributed by atoms with van der Waals surface area (Å²) in [5, 5.41) is 0.289. The minimum absolute atomic E-state index is 0.289. The first-order chi connectivity index (χ1) is 11.3. The van der Waals surface area contributed by atoms with Gasteiger partial charge in [0, 0.05) is 10.4 Å². The molecule has 24 heavy (non-hydrogen) atoms. The van der Waals surface area contributed by atoms with Crippen LogP contribution in [0.5, 0.6) is 0 Å². The number of hydrogen-bond donors (Lipinski definition) is 2. The number of aryl methyl sites for hydroxylation is 1. The zero-order chi connectivity index (χ0) is 17.6. The van der Waals surface area contributed by atoms with Crippen LogP contribution < -0.4 is 17.0 Å². The van der Waals surface area contributed by atoms with E-state index in [9.17, 15) is 18.8 Å². The van der Waals surface area contributed by atoms with Crippen LogP contribution in [0.4, 0.5) is 4.39 Å². The van der Waals surface area contributed by atoms with Gasteiger partial charge in [-0.1, -0.05) is 12.1 Å². The van der Waals surface area contributed by atoms with Gasteiger partial charge in [-0.3, -0.25) is 14.6 Å². The molecular weight excluding hydrogens is 333 g/mol. The maximum atomic E-state index is 13.2. The maximum absolute atomic E-state index is 13.2. The van der Waals surface area contributed by atoms with Gasteiger partial charge < -0.3 is 5.73 Å². The highest BCUT2D eigenvalue weighted by molar-refractivity contribution is 7.19. The molecular formula is C16H14FN3O3S. The minimum Gasteiger partial charge on any atom is -0.368 e. The SMILES string of the molecule is Cc1sc2[nH]c(=O)n(C(C)C(N)=O)c(=O)c2c1-c1ccc(F)cc1. The molecule has 2 aromatic heterocycles. The molecule has 0 radical (unpaired) electrons. The van der Waals surface area contributed by atoms with Gasteiger partial charge in [-0.2, -0.15) is 0 Å². The molecule has 1 atom stereocenters. The van der Waals surface area contributed by atoms with Gasteiger partial charge in [0.1, 0.15) is 16.7 Å². The number of rotatable bonds is 3. The molecule has 0 saturated carbocycles. The average Bonchev–Trinajstić information content (AvgIpc) is 2.84. The molecule has 0 saturated heterocycles. The number of carbonyl (C=O) groups is 1. The molecule has 0 spiro atoms. The molecule has 124 valence electrons. The van der Waals surface area contributed by atoms with Crippen LogP contribution in [0.15, 0.2) is 33.9 Å². The molecule has 0 aliphatic heterocycles. The van der Waals surface area contributed by atoms with E-state index in [-0.39, 0.29) is 11.2 Å². The molecule has 3 rings (SSSR count). The summed E-state index contributed by atoms with van der Waals surface area (Å²) in [5.74, 6) is -1.17. The van der Waals surface area contributed by atoms with Crippen molar-refractivity contribution in [2.75, 3.05) is 0 Å². The fourth-order valence-corrected chi connectivity index (χ4v) is 3.71. The molecule has 8 heteroatoms. The van der Waals surface area contributed by atoms with Crippen molar-refractivity contribution in [3.63, 3.8) is 0 Å². The van der Waals surface area contributed by atoms with Crippen molar-refractivity contribution in [3.05, 3.63) is 55.8 Å². The van der Waals surface area contributed by atoms with E-state index in [4.69, 9.17) is 5.73 Å². The van der Waals surface area contributed by atoms with E-state index in [0.717, 1.165) is 9.44 Å². The first-order valence-corrected chi connectivity index (χ1v) is 7.96. The van der Waals surface area contributed by atoms with Crippen LogP contribution in [0, 0.1) is 12.7 Å². The van der Waals surface area contributed by atoms with Crippen LogP contribution >= 0.6 is 11.3 Å². The fourth-order valence-electron chi connectivity index (χ4n) is 2.65. The van der Waals surface area contributed by atoms with Crippen LogP contribution in [0.3, 0.4) is 0 Å². The lowest BCUT2D eigenvalue weighted by Gasteiger charge is -2.10. The van der Waals surface area contributed by atoms with Crippen molar-refractivity contribution in [1.29, 1.82) is 0 Å². The van der Waals surface area contributed by atoms with Crippen molar-refractivity contribution in [2.45, 2.75) is 19.9 Å². The van der Waals surface area contributed by atoms with Gasteiger partial charge in [0.15, 0.2) is 0 Å². The van der Waals surface area contributed by atoms with Crippen LogP contribution in [0.2, 0.25) is 0 Å². The Bertz CT molecular complexity index is 1060. The Morgan fingerprint density at radius 3 is 2.50 bits per heavy atom. The summed E-state index contributed by atoms with van der Waals surface area (Å²) in [4.78, 5) is 40.2. The molecule has 3 aromatic rings. The zero-order valence-corrected chi connectivity index (χ0v) is 13.7. The fraction of sp³-hybridized carbons (Fsp3) is 0.188. The number of fused-ring (bicyclic) bond motifs is 1. The third-order valence-corrected chi connectivity index (χ3v) is 4.91. The molecule has 0 fully saturated rings. The third kappa shape index (κ3) is 2.44. The predicted octanol–water partition coefficient (Wildman–Crippen LogP) is 1.91. The summed E-state index contributed by atoms with van der Waals surface area (Å²) < 4.78 is 14.0. The number of nitrogens with two attached hydrogens (primary N) is 1. The Morgan fingerprint density at radius 2 is 1.92 bits per heavy atom. The first-order valence-electron chi connectivity index (χ1n) is 7.14.